The number of aromatic nitrogens is 3. The van der Waals surface area contributed by atoms with Crippen molar-refractivity contribution in [3.63, 3.8) is 0 Å². The molecule has 7 heteroatoms. The van der Waals surface area contributed by atoms with Gasteiger partial charge in [-0.05, 0) is 18.2 Å². The number of rotatable bonds is 2. The van der Waals surface area contributed by atoms with Crippen LogP contribution in [0.4, 0.5) is 5.69 Å². The van der Waals surface area contributed by atoms with Gasteiger partial charge < -0.3 is 15.3 Å². The minimum Gasteiger partial charge on any atom is -0.345 e. The molecular weight excluding hydrogens is 270 g/mol. The topological polar surface area (TPSA) is 114 Å². The Kier molecular flexibility index (Phi) is 2.97. The molecule has 102 valence electrons. The van der Waals surface area contributed by atoms with Crippen LogP contribution in [0.15, 0.2) is 41.6 Å². The van der Waals surface area contributed by atoms with Gasteiger partial charge in [-0.2, -0.15) is 5.26 Å². The van der Waals surface area contributed by atoms with Gasteiger partial charge in [0.1, 0.15) is 5.65 Å². The summed E-state index contributed by atoms with van der Waals surface area (Å²) in [4.78, 5) is 33.2. The summed E-state index contributed by atoms with van der Waals surface area (Å²) in [7, 11) is 0. The number of carbonyl (C=O) groups excluding carboxylic acids is 1. The van der Waals surface area contributed by atoms with Crippen molar-refractivity contribution in [1.29, 1.82) is 5.26 Å². The number of nitriles is 1. The quantitative estimate of drug-likeness (QED) is 0.657. The first-order valence-electron chi connectivity index (χ1n) is 6.05. The molecule has 1 amide bonds. The van der Waals surface area contributed by atoms with Gasteiger partial charge in [0.2, 0.25) is 0 Å². The average Bonchev–Trinajstić information content (AvgIpc) is 2.93. The number of hydrogen-bond acceptors (Lipinski definition) is 4. The lowest BCUT2D eigenvalue weighted by molar-refractivity contribution is 0.102. The van der Waals surface area contributed by atoms with Gasteiger partial charge in [0, 0.05) is 11.9 Å². The third-order valence-electron chi connectivity index (χ3n) is 2.97. The van der Waals surface area contributed by atoms with Gasteiger partial charge in [0.05, 0.1) is 28.9 Å². The van der Waals surface area contributed by atoms with Gasteiger partial charge >= 0.3 is 0 Å². The first-order valence-corrected chi connectivity index (χ1v) is 6.05. The summed E-state index contributed by atoms with van der Waals surface area (Å²) in [5.74, 6) is -0.449. The van der Waals surface area contributed by atoms with E-state index in [-0.39, 0.29) is 10.9 Å². The van der Waals surface area contributed by atoms with Gasteiger partial charge in [0.15, 0.2) is 0 Å². The van der Waals surface area contributed by atoms with Crippen molar-refractivity contribution in [2.45, 2.75) is 0 Å². The summed E-state index contributed by atoms with van der Waals surface area (Å²) in [6.07, 6.45) is 2.69. The van der Waals surface area contributed by atoms with Crippen molar-refractivity contribution in [2.75, 3.05) is 5.32 Å². The molecule has 3 aromatic rings. The minimum atomic E-state index is -0.449. The molecule has 0 radical (unpaired) electrons. The van der Waals surface area contributed by atoms with Crippen LogP contribution in [0.2, 0.25) is 0 Å². The fourth-order valence-corrected chi connectivity index (χ4v) is 2.02. The zero-order valence-corrected chi connectivity index (χ0v) is 10.7. The summed E-state index contributed by atoms with van der Waals surface area (Å²) in [5, 5.41) is 11.7. The Bertz CT molecular complexity index is 932. The van der Waals surface area contributed by atoms with Crippen molar-refractivity contribution < 1.29 is 4.79 Å². The molecule has 0 atom stereocenters. The SMILES string of the molecule is N#Cc1cccc(NC(=O)c2c[nH]c3nc[nH]c(=O)c23)c1. The molecule has 0 spiro atoms. The van der Waals surface area contributed by atoms with Gasteiger partial charge in [-0.3, -0.25) is 9.59 Å². The number of aromatic amines is 2. The number of nitrogens with one attached hydrogen (secondary N) is 3. The predicted molar refractivity (Wildman–Crippen MR) is 75.8 cm³/mol. The Morgan fingerprint density at radius 1 is 1.33 bits per heavy atom. The molecule has 2 aromatic heterocycles. The van der Waals surface area contributed by atoms with E-state index < -0.39 is 11.5 Å². The number of hydrogen-bond donors (Lipinski definition) is 3. The zero-order chi connectivity index (χ0) is 14.8. The van der Waals surface area contributed by atoms with Crippen molar-refractivity contribution in [3.05, 3.63) is 58.3 Å². The maximum atomic E-state index is 12.2. The number of carbonyl (C=O) groups is 1. The Labute approximate surface area is 118 Å². The lowest BCUT2D eigenvalue weighted by atomic mass is 10.2. The van der Waals surface area contributed by atoms with E-state index in [4.69, 9.17) is 5.26 Å². The highest BCUT2D eigenvalue weighted by molar-refractivity contribution is 6.12. The van der Waals surface area contributed by atoms with Crippen LogP contribution < -0.4 is 10.9 Å². The van der Waals surface area contributed by atoms with E-state index in [0.29, 0.717) is 16.9 Å². The molecule has 3 N–H and O–H groups in total. The Morgan fingerprint density at radius 3 is 3.00 bits per heavy atom. The van der Waals surface area contributed by atoms with Crippen LogP contribution in [-0.4, -0.2) is 20.9 Å². The van der Waals surface area contributed by atoms with Crippen LogP contribution in [-0.2, 0) is 0 Å². The molecule has 0 saturated heterocycles. The molecule has 0 aliphatic carbocycles. The zero-order valence-electron chi connectivity index (χ0n) is 10.7. The summed E-state index contributed by atoms with van der Waals surface area (Å²) in [6.45, 7) is 0. The summed E-state index contributed by atoms with van der Waals surface area (Å²) in [5.41, 5.74) is 1.06. The molecule has 1 aromatic carbocycles. The third-order valence-corrected chi connectivity index (χ3v) is 2.97. The lowest BCUT2D eigenvalue weighted by Gasteiger charge is -2.04. The van der Waals surface area contributed by atoms with E-state index >= 15 is 0 Å². The maximum absolute atomic E-state index is 12.2. The highest BCUT2D eigenvalue weighted by Crippen LogP contribution is 2.15. The second-order valence-corrected chi connectivity index (χ2v) is 4.30. The van der Waals surface area contributed by atoms with Crippen LogP contribution in [0.5, 0.6) is 0 Å². The first-order chi connectivity index (χ1) is 10.2. The monoisotopic (exact) mass is 279 g/mol. The van der Waals surface area contributed by atoms with Crippen molar-refractivity contribution in [1.82, 2.24) is 15.0 Å². The van der Waals surface area contributed by atoms with Gasteiger partial charge in [-0.15, -0.1) is 0 Å². The maximum Gasteiger partial charge on any atom is 0.261 e. The Hall–Kier alpha value is -3.40. The van der Waals surface area contributed by atoms with Crippen molar-refractivity contribution >= 4 is 22.6 Å². The third kappa shape index (κ3) is 2.26. The normalized spacial score (nSPS) is 10.2. The Balaban J connectivity index is 1.98. The van der Waals surface area contributed by atoms with Gasteiger partial charge in [0.25, 0.3) is 11.5 Å². The number of nitrogens with zero attached hydrogens (tertiary/aromatic N) is 2. The highest BCUT2D eigenvalue weighted by Gasteiger charge is 2.15. The van der Waals surface area contributed by atoms with Crippen molar-refractivity contribution in [3.8, 4) is 6.07 Å². The molecule has 0 aliphatic heterocycles. The van der Waals surface area contributed by atoms with E-state index in [1.807, 2.05) is 6.07 Å². The van der Waals surface area contributed by atoms with Gasteiger partial charge in [-0.25, -0.2) is 4.98 Å². The number of benzene rings is 1. The van der Waals surface area contributed by atoms with E-state index in [1.165, 1.54) is 12.5 Å². The molecule has 0 bridgehead atoms. The first kappa shape index (κ1) is 12.6. The molecular formula is C14H9N5O2. The second kappa shape index (κ2) is 4.94. The highest BCUT2D eigenvalue weighted by atomic mass is 16.2. The van der Waals surface area contributed by atoms with Crippen LogP contribution in [0.25, 0.3) is 11.0 Å². The summed E-state index contributed by atoms with van der Waals surface area (Å²) < 4.78 is 0. The molecule has 0 fully saturated rings. The smallest absolute Gasteiger partial charge is 0.261 e. The van der Waals surface area contributed by atoms with Crippen LogP contribution >= 0.6 is 0 Å². The number of H-pyrrole nitrogens is 2. The fourth-order valence-electron chi connectivity index (χ4n) is 2.02. The molecule has 0 saturated carbocycles. The molecule has 7 nitrogen and oxygen atoms in total. The van der Waals surface area contributed by atoms with Crippen LogP contribution in [0.3, 0.4) is 0 Å². The van der Waals surface area contributed by atoms with Gasteiger partial charge in [-0.1, -0.05) is 6.07 Å². The van der Waals surface area contributed by atoms with E-state index in [0.717, 1.165) is 0 Å². The fraction of sp³-hybridized carbons (Fsp3) is 0. The number of fused-ring (bicyclic) bond motifs is 1. The van der Waals surface area contributed by atoms with Crippen molar-refractivity contribution in [2.24, 2.45) is 0 Å². The largest absolute Gasteiger partial charge is 0.345 e. The Morgan fingerprint density at radius 2 is 2.19 bits per heavy atom. The summed E-state index contributed by atoms with van der Waals surface area (Å²) >= 11 is 0. The standard InChI is InChI=1S/C14H9N5O2/c15-5-8-2-1-3-9(4-8)19-13(20)10-6-16-12-11(10)14(21)18-7-17-12/h1-4,6-7H,(H,19,20)(H2,16,17,18,21). The van der Waals surface area contributed by atoms with Crippen LogP contribution in [0.1, 0.15) is 15.9 Å². The van der Waals surface area contributed by atoms with E-state index in [2.05, 4.69) is 20.3 Å². The van der Waals surface area contributed by atoms with E-state index in [1.54, 1.807) is 24.3 Å². The summed E-state index contributed by atoms with van der Waals surface area (Å²) in [6, 6.07) is 8.50. The lowest BCUT2D eigenvalue weighted by Crippen LogP contribution is -2.15. The average molecular weight is 279 g/mol. The number of amides is 1. The van der Waals surface area contributed by atoms with E-state index in [9.17, 15) is 9.59 Å². The minimum absolute atomic E-state index is 0.196. The molecule has 0 aliphatic rings. The number of anilines is 1. The molecule has 2 heterocycles. The predicted octanol–water partition coefficient (Wildman–Crippen LogP) is 1.38. The molecule has 21 heavy (non-hydrogen) atoms. The second-order valence-electron chi connectivity index (χ2n) is 4.30. The molecule has 0 unspecified atom stereocenters. The van der Waals surface area contributed by atoms with Crippen LogP contribution in [0, 0.1) is 11.3 Å². The molecule has 3 rings (SSSR count).